The quantitative estimate of drug-likeness (QED) is 0.736. The van der Waals surface area contributed by atoms with E-state index in [4.69, 9.17) is 0 Å². The van der Waals surface area contributed by atoms with Crippen LogP contribution >= 0.6 is 0 Å². The van der Waals surface area contributed by atoms with Gasteiger partial charge >= 0.3 is 6.18 Å². The molecule has 0 spiro atoms. The van der Waals surface area contributed by atoms with Crippen molar-refractivity contribution in [3.63, 3.8) is 0 Å². The molecular formula is C12H8F3N3O. The standard InChI is InChI=1S/C12H8F3N3O/c13-12(14,15)6-18-10-7-3-1-2-4-9(7)17-11(19)8(10)5-16-18/h1-5H,6H2,(H,17,19). The van der Waals surface area contributed by atoms with Gasteiger partial charge in [-0.3, -0.25) is 9.48 Å². The zero-order chi connectivity index (χ0) is 13.6. The van der Waals surface area contributed by atoms with E-state index >= 15 is 0 Å². The Balaban J connectivity index is 2.39. The number of aromatic nitrogens is 3. The molecule has 2 heterocycles. The number of aromatic amines is 1. The maximum absolute atomic E-state index is 12.5. The number of rotatable bonds is 1. The van der Waals surface area contributed by atoms with Crippen molar-refractivity contribution >= 4 is 21.8 Å². The summed E-state index contributed by atoms with van der Waals surface area (Å²) in [6.45, 7) is -1.22. The smallest absolute Gasteiger partial charge is 0.321 e. The normalized spacial score (nSPS) is 12.4. The first-order chi connectivity index (χ1) is 8.96. The van der Waals surface area contributed by atoms with Crippen molar-refractivity contribution in [3.8, 4) is 0 Å². The van der Waals surface area contributed by atoms with Crippen LogP contribution in [0.4, 0.5) is 13.2 Å². The van der Waals surface area contributed by atoms with Gasteiger partial charge in [-0.25, -0.2) is 0 Å². The molecule has 1 aromatic carbocycles. The zero-order valence-electron chi connectivity index (χ0n) is 9.53. The largest absolute Gasteiger partial charge is 0.408 e. The van der Waals surface area contributed by atoms with Crippen molar-refractivity contribution < 1.29 is 13.2 Å². The van der Waals surface area contributed by atoms with Gasteiger partial charge in [0.15, 0.2) is 0 Å². The molecule has 0 aliphatic heterocycles. The number of alkyl halides is 3. The Bertz CT molecular complexity index is 816. The van der Waals surface area contributed by atoms with E-state index < -0.39 is 18.3 Å². The van der Waals surface area contributed by atoms with Crippen molar-refractivity contribution in [1.82, 2.24) is 14.8 Å². The van der Waals surface area contributed by atoms with E-state index in [-0.39, 0.29) is 10.9 Å². The van der Waals surface area contributed by atoms with E-state index in [9.17, 15) is 18.0 Å². The van der Waals surface area contributed by atoms with E-state index in [1.54, 1.807) is 24.3 Å². The SMILES string of the molecule is O=c1[nH]c2ccccc2c2c1cnn2CC(F)(F)F. The van der Waals surface area contributed by atoms with Gasteiger partial charge < -0.3 is 4.98 Å². The van der Waals surface area contributed by atoms with Crippen LogP contribution in [-0.2, 0) is 6.54 Å². The molecule has 98 valence electrons. The second kappa shape index (κ2) is 3.84. The van der Waals surface area contributed by atoms with Crippen LogP contribution < -0.4 is 5.56 Å². The summed E-state index contributed by atoms with van der Waals surface area (Å²) in [5.74, 6) is 0. The van der Waals surface area contributed by atoms with Crippen LogP contribution in [0, 0.1) is 0 Å². The Morgan fingerprint density at radius 3 is 2.68 bits per heavy atom. The molecule has 0 fully saturated rings. The average molecular weight is 267 g/mol. The highest BCUT2D eigenvalue weighted by molar-refractivity contribution is 6.02. The maximum atomic E-state index is 12.5. The molecular weight excluding hydrogens is 259 g/mol. The van der Waals surface area contributed by atoms with Gasteiger partial charge in [-0.05, 0) is 6.07 Å². The molecule has 0 bridgehead atoms. The molecule has 3 rings (SSSR count). The van der Waals surface area contributed by atoms with Crippen molar-refractivity contribution in [2.45, 2.75) is 12.7 Å². The number of nitrogens with zero attached hydrogens (tertiary/aromatic N) is 2. The Morgan fingerprint density at radius 2 is 1.95 bits per heavy atom. The summed E-state index contributed by atoms with van der Waals surface area (Å²) in [6.07, 6.45) is -3.23. The predicted octanol–water partition coefficient (Wildman–Crippen LogP) is 2.44. The Hall–Kier alpha value is -2.31. The fourth-order valence-corrected chi connectivity index (χ4v) is 2.11. The number of H-pyrrole nitrogens is 1. The number of nitrogens with one attached hydrogen (secondary N) is 1. The molecule has 3 aromatic rings. The first-order valence-corrected chi connectivity index (χ1v) is 5.49. The summed E-state index contributed by atoms with van der Waals surface area (Å²) in [5, 5.41) is 4.36. The van der Waals surface area contributed by atoms with Gasteiger partial charge in [0.2, 0.25) is 0 Å². The summed E-state index contributed by atoms with van der Waals surface area (Å²) < 4.78 is 38.3. The van der Waals surface area contributed by atoms with Crippen LogP contribution in [0.25, 0.3) is 21.8 Å². The summed E-state index contributed by atoms with van der Waals surface area (Å²) in [5.41, 5.74) is 0.253. The molecule has 0 aliphatic carbocycles. The molecule has 0 atom stereocenters. The Kier molecular flexibility index (Phi) is 2.38. The molecule has 2 aromatic heterocycles. The van der Waals surface area contributed by atoms with Crippen molar-refractivity contribution in [2.75, 3.05) is 0 Å². The Labute approximate surface area is 104 Å². The second-order valence-corrected chi connectivity index (χ2v) is 4.18. The van der Waals surface area contributed by atoms with Gasteiger partial charge in [0.05, 0.1) is 22.6 Å². The number of pyridine rings is 1. The van der Waals surface area contributed by atoms with E-state index in [2.05, 4.69) is 10.1 Å². The summed E-state index contributed by atoms with van der Waals surface area (Å²) >= 11 is 0. The highest BCUT2D eigenvalue weighted by atomic mass is 19.4. The van der Waals surface area contributed by atoms with E-state index in [1.807, 2.05) is 0 Å². The molecule has 19 heavy (non-hydrogen) atoms. The molecule has 0 unspecified atom stereocenters. The lowest BCUT2D eigenvalue weighted by Gasteiger charge is -2.08. The van der Waals surface area contributed by atoms with Gasteiger partial charge in [0.1, 0.15) is 6.54 Å². The fourth-order valence-electron chi connectivity index (χ4n) is 2.11. The molecule has 0 aliphatic rings. The van der Waals surface area contributed by atoms with E-state index in [0.717, 1.165) is 10.9 Å². The minimum atomic E-state index is -4.39. The summed E-state index contributed by atoms with van der Waals surface area (Å²) in [4.78, 5) is 14.4. The zero-order valence-corrected chi connectivity index (χ0v) is 9.53. The van der Waals surface area contributed by atoms with Gasteiger partial charge in [0, 0.05) is 5.39 Å². The van der Waals surface area contributed by atoms with Gasteiger partial charge in [-0.15, -0.1) is 0 Å². The monoisotopic (exact) mass is 267 g/mol. The molecule has 0 saturated carbocycles. The predicted molar refractivity (Wildman–Crippen MR) is 63.9 cm³/mol. The number of para-hydroxylation sites is 1. The summed E-state index contributed by atoms with van der Waals surface area (Å²) in [6, 6.07) is 6.70. The molecule has 0 saturated heterocycles. The highest BCUT2D eigenvalue weighted by Crippen LogP contribution is 2.24. The molecule has 7 heteroatoms. The number of halogens is 3. The van der Waals surface area contributed by atoms with Crippen LogP contribution in [-0.4, -0.2) is 20.9 Å². The first-order valence-electron chi connectivity index (χ1n) is 5.49. The molecule has 0 amide bonds. The van der Waals surface area contributed by atoms with Crippen LogP contribution in [0.3, 0.4) is 0 Å². The van der Waals surface area contributed by atoms with Gasteiger partial charge in [-0.2, -0.15) is 18.3 Å². The first kappa shape index (κ1) is 11.8. The molecule has 4 nitrogen and oxygen atoms in total. The minimum absolute atomic E-state index is 0.156. The van der Waals surface area contributed by atoms with Crippen LogP contribution in [0.1, 0.15) is 0 Å². The molecule has 1 N–H and O–H groups in total. The average Bonchev–Trinajstić information content (AvgIpc) is 2.72. The van der Waals surface area contributed by atoms with Gasteiger partial charge in [0.25, 0.3) is 5.56 Å². The van der Waals surface area contributed by atoms with Crippen molar-refractivity contribution in [1.29, 1.82) is 0 Å². The molecule has 0 radical (unpaired) electrons. The maximum Gasteiger partial charge on any atom is 0.408 e. The number of hydrogen-bond acceptors (Lipinski definition) is 2. The highest BCUT2D eigenvalue weighted by Gasteiger charge is 2.29. The van der Waals surface area contributed by atoms with Crippen LogP contribution in [0.5, 0.6) is 0 Å². The lowest BCUT2D eigenvalue weighted by molar-refractivity contribution is -0.141. The fraction of sp³-hybridized carbons (Fsp3) is 0.167. The minimum Gasteiger partial charge on any atom is -0.321 e. The lowest BCUT2D eigenvalue weighted by Crippen LogP contribution is -2.19. The van der Waals surface area contributed by atoms with E-state index in [0.29, 0.717) is 10.9 Å². The number of fused-ring (bicyclic) bond motifs is 3. The summed E-state index contributed by atoms with van der Waals surface area (Å²) in [7, 11) is 0. The second-order valence-electron chi connectivity index (χ2n) is 4.18. The third-order valence-electron chi connectivity index (χ3n) is 2.84. The lowest BCUT2D eigenvalue weighted by atomic mass is 10.1. The van der Waals surface area contributed by atoms with Gasteiger partial charge in [-0.1, -0.05) is 18.2 Å². The third-order valence-corrected chi connectivity index (χ3v) is 2.84. The van der Waals surface area contributed by atoms with Crippen molar-refractivity contribution in [2.24, 2.45) is 0 Å². The number of hydrogen-bond donors (Lipinski definition) is 1. The topological polar surface area (TPSA) is 50.7 Å². The van der Waals surface area contributed by atoms with E-state index in [1.165, 1.54) is 0 Å². The number of benzene rings is 1. The third kappa shape index (κ3) is 1.96. The van der Waals surface area contributed by atoms with Crippen LogP contribution in [0.15, 0.2) is 35.3 Å². The van der Waals surface area contributed by atoms with Crippen molar-refractivity contribution in [3.05, 3.63) is 40.8 Å². The van der Waals surface area contributed by atoms with Crippen LogP contribution in [0.2, 0.25) is 0 Å². The Morgan fingerprint density at radius 1 is 1.21 bits per heavy atom.